The lowest BCUT2D eigenvalue weighted by Crippen LogP contribution is -2.58. The van der Waals surface area contributed by atoms with Crippen molar-refractivity contribution < 1.29 is 14.2 Å². The molecule has 0 radical (unpaired) electrons. The summed E-state index contributed by atoms with van der Waals surface area (Å²) in [6.07, 6.45) is 2.65. The lowest BCUT2D eigenvalue weighted by molar-refractivity contribution is -0.147. The molecule has 0 aliphatic carbocycles. The molecule has 0 aromatic heterocycles. The Balaban J connectivity index is 1.43. The van der Waals surface area contributed by atoms with E-state index in [0.29, 0.717) is 0 Å². The van der Waals surface area contributed by atoms with Crippen LogP contribution in [0.2, 0.25) is 5.02 Å². The van der Waals surface area contributed by atoms with Crippen LogP contribution in [0.3, 0.4) is 0 Å². The van der Waals surface area contributed by atoms with Gasteiger partial charge >= 0.3 is 0 Å². The Morgan fingerprint density at radius 2 is 1.83 bits per heavy atom. The van der Waals surface area contributed by atoms with Gasteiger partial charge in [0.05, 0.1) is 11.8 Å². The summed E-state index contributed by atoms with van der Waals surface area (Å²) >= 11 is 6.33. The average Bonchev–Trinajstić information content (AvgIpc) is 3.38. The number of piperidine rings is 1. The highest BCUT2D eigenvalue weighted by Crippen LogP contribution is 2.50. The largest absolute Gasteiger partial charge is 0.466 e. The summed E-state index contributed by atoms with van der Waals surface area (Å²) < 4.78 is 17.7. The Morgan fingerprint density at radius 1 is 1.03 bits per heavy atom. The second-order valence-corrected chi connectivity index (χ2v) is 8.65. The summed E-state index contributed by atoms with van der Waals surface area (Å²) in [5, 5.41) is 8.04. The number of hydrogen-bond acceptors (Lipinski definition) is 6. The number of ether oxygens (including phenoxy) is 3. The van der Waals surface area contributed by atoms with Crippen LogP contribution in [0.25, 0.3) is 0 Å². The van der Waals surface area contributed by atoms with E-state index in [2.05, 4.69) is 23.0 Å². The molecule has 29 heavy (non-hydrogen) atoms. The average molecular weight is 412 g/mol. The van der Waals surface area contributed by atoms with E-state index in [9.17, 15) is 0 Å². The van der Waals surface area contributed by atoms with Gasteiger partial charge in [-0.3, -0.25) is 0 Å². The topological polar surface area (TPSA) is 46.5 Å². The summed E-state index contributed by atoms with van der Waals surface area (Å²) in [7, 11) is 2.16. The van der Waals surface area contributed by atoms with E-state index < -0.39 is 5.72 Å². The van der Waals surface area contributed by atoms with Crippen molar-refractivity contribution in [3.63, 3.8) is 0 Å². The molecule has 1 spiro atoms. The van der Waals surface area contributed by atoms with Crippen molar-refractivity contribution >= 4 is 17.3 Å². The van der Waals surface area contributed by atoms with Crippen molar-refractivity contribution in [3.05, 3.63) is 52.5 Å². The lowest BCUT2D eigenvalue weighted by atomic mass is 9.91. The molecule has 1 atom stereocenters. The zero-order chi connectivity index (χ0) is 19.6. The number of hydrazone groups is 1. The molecular formula is C22H22ClN3O3. The molecule has 2 aromatic carbocycles. The van der Waals surface area contributed by atoms with Crippen LogP contribution in [0.4, 0.5) is 0 Å². The van der Waals surface area contributed by atoms with Crippen LogP contribution in [-0.4, -0.2) is 48.3 Å². The fraction of sp³-hybridized carbons (Fsp3) is 0.409. The summed E-state index contributed by atoms with van der Waals surface area (Å²) in [6, 6.07) is 12.1. The fourth-order valence-corrected chi connectivity index (χ4v) is 4.98. The maximum Gasteiger partial charge on any atom is 0.231 e. The van der Waals surface area contributed by atoms with Gasteiger partial charge < -0.3 is 19.1 Å². The number of likely N-dealkylation sites (tertiary alicyclic amines) is 1. The van der Waals surface area contributed by atoms with Gasteiger partial charge in [-0.2, -0.15) is 5.10 Å². The van der Waals surface area contributed by atoms with Crippen molar-refractivity contribution in [2.75, 3.05) is 26.9 Å². The first-order valence-corrected chi connectivity index (χ1v) is 10.4. The van der Waals surface area contributed by atoms with Gasteiger partial charge in [-0.1, -0.05) is 11.6 Å². The van der Waals surface area contributed by atoms with Crippen molar-refractivity contribution in [1.82, 2.24) is 9.91 Å². The molecular weight excluding hydrogens is 390 g/mol. The number of rotatable bonds is 1. The van der Waals surface area contributed by atoms with Crippen LogP contribution < -0.4 is 14.2 Å². The van der Waals surface area contributed by atoms with E-state index >= 15 is 0 Å². The van der Waals surface area contributed by atoms with Crippen LogP contribution in [-0.2, 0) is 0 Å². The first kappa shape index (κ1) is 17.4. The minimum Gasteiger partial charge on any atom is -0.466 e. The summed E-state index contributed by atoms with van der Waals surface area (Å²) in [5.74, 6) is 2.50. The highest BCUT2D eigenvalue weighted by Gasteiger charge is 2.51. The van der Waals surface area contributed by atoms with Gasteiger partial charge in [-0.15, -0.1) is 0 Å². The summed E-state index contributed by atoms with van der Waals surface area (Å²) in [6.45, 7) is 2.25. The van der Waals surface area contributed by atoms with E-state index in [0.717, 1.165) is 71.5 Å². The highest BCUT2D eigenvalue weighted by molar-refractivity contribution is 6.30. The Bertz CT molecular complexity index is 1020. The fourth-order valence-electron chi connectivity index (χ4n) is 4.80. The molecule has 6 nitrogen and oxygen atoms in total. The monoisotopic (exact) mass is 411 g/mol. The summed E-state index contributed by atoms with van der Waals surface area (Å²) in [5.41, 5.74) is 2.82. The van der Waals surface area contributed by atoms with Crippen molar-refractivity contribution in [2.45, 2.75) is 31.0 Å². The Morgan fingerprint density at radius 3 is 2.69 bits per heavy atom. The number of halogens is 1. The molecule has 0 unspecified atom stereocenters. The third-order valence-corrected chi connectivity index (χ3v) is 6.67. The maximum atomic E-state index is 6.62. The highest BCUT2D eigenvalue weighted by atomic mass is 35.5. The van der Waals surface area contributed by atoms with Gasteiger partial charge in [0, 0.05) is 48.5 Å². The first-order chi connectivity index (χ1) is 14.1. The minimum atomic E-state index is -0.407. The van der Waals surface area contributed by atoms with E-state index in [-0.39, 0.29) is 12.8 Å². The predicted octanol–water partition coefficient (Wildman–Crippen LogP) is 4.03. The number of benzene rings is 2. The molecule has 1 saturated heterocycles. The van der Waals surface area contributed by atoms with E-state index in [1.165, 1.54) is 0 Å². The zero-order valence-electron chi connectivity index (χ0n) is 16.2. The van der Waals surface area contributed by atoms with Gasteiger partial charge in [0.2, 0.25) is 12.5 Å². The molecule has 150 valence electrons. The number of hydrogen-bond donors (Lipinski definition) is 0. The first-order valence-electron chi connectivity index (χ1n) is 10.1. The minimum absolute atomic E-state index is 0.126. The molecule has 2 aromatic rings. The number of nitrogens with zero attached hydrogens (tertiary/aromatic N) is 3. The van der Waals surface area contributed by atoms with Gasteiger partial charge in [-0.05, 0) is 43.4 Å². The van der Waals surface area contributed by atoms with E-state index in [4.69, 9.17) is 30.9 Å². The Labute approximate surface area is 174 Å². The molecule has 1 fully saturated rings. The molecule has 6 rings (SSSR count). The molecule has 0 bridgehead atoms. The quantitative estimate of drug-likeness (QED) is 0.708. The molecule has 4 aliphatic heterocycles. The molecule has 0 N–H and O–H groups in total. The molecule has 4 aliphatic rings. The predicted molar refractivity (Wildman–Crippen MR) is 110 cm³/mol. The molecule has 0 saturated carbocycles. The maximum absolute atomic E-state index is 6.62. The summed E-state index contributed by atoms with van der Waals surface area (Å²) in [4.78, 5) is 2.35. The lowest BCUT2D eigenvalue weighted by Gasteiger charge is -2.50. The van der Waals surface area contributed by atoms with Crippen LogP contribution in [0.15, 0.2) is 41.5 Å². The Hall–Kier alpha value is -2.44. The normalized spacial score (nSPS) is 24.1. The standard InChI is InChI=1S/C22H22ClN3O3/c1-25-8-6-22(7-9-25)26-18(16-11-15(23)3-5-19(16)29-22)12-17(24-26)14-2-4-20-21(10-14)28-13-27-20/h2-5,10-11,18H,6-9,12-13H2,1H3/t18-/m0/s1. The molecule has 4 heterocycles. The van der Waals surface area contributed by atoms with Crippen molar-refractivity contribution in [3.8, 4) is 17.2 Å². The number of fused-ring (bicyclic) bond motifs is 5. The zero-order valence-corrected chi connectivity index (χ0v) is 17.0. The van der Waals surface area contributed by atoms with Gasteiger partial charge in [0.1, 0.15) is 5.75 Å². The van der Waals surface area contributed by atoms with Gasteiger partial charge in [0.25, 0.3) is 0 Å². The molecule has 7 heteroatoms. The van der Waals surface area contributed by atoms with Crippen LogP contribution >= 0.6 is 11.6 Å². The third kappa shape index (κ3) is 2.69. The molecule has 0 amide bonds. The smallest absolute Gasteiger partial charge is 0.231 e. The Kier molecular flexibility index (Phi) is 3.77. The third-order valence-electron chi connectivity index (χ3n) is 6.43. The van der Waals surface area contributed by atoms with Crippen LogP contribution in [0.1, 0.15) is 36.4 Å². The van der Waals surface area contributed by atoms with Gasteiger partial charge in [-0.25, -0.2) is 5.01 Å². The SMILES string of the molecule is CN1CCC2(CC1)Oc1ccc(Cl)cc1[C@@H]1CC(c3ccc4c(c3)OCO4)=NN12. The van der Waals surface area contributed by atoms with Crippen molar-refractivity contribution in [1.29, 1.82) is 0 Å². The van der Waals surface area contributed by atoms with Crippen LogP contribution in [0.5, 0.6) is 17.2 Å². The van der Waals surface area contributed by atoms with Crippen LogP contribution in [0, 0.1) is 0 Å². The van der Waals surface area contributed by atoms with E-state index in [1.807, 2.05) is 30.3 Å². The van der Waals surface area contributed by atoms with Gasteiger partial charge in [0.15, 0.2) is 11.5 Å². The second-order valence-electron chi connectivity index (χ2n) is 8.21. The van der Waals surface area contributed by atoms with Crippen molar-refractivity contribution in [2.24, 2.45) is 5.10 Å². The van der Waals surface area contributed by atoms with E-state index in [1.54, 1.807) is 0 Å². The second kappa shape index (κ2) is 6.28.